The van der Waals surface area contributed by atoms with Crippen LogP contribution in [0.1, 0.15) is 18.2 Å². The minimum atomic E-state index is -3.84. The molecule has 7 heteroatoms. The van der Waals surface area contributed by atoms with Gasteiger partial charge in [0.1, 0.15) is 5.82 Å². The summed E-state index contributed by atoms with van der Waals surface area (Å²) in [5, 5.41) is 3.40. The van der Waals surface area contributed by atoms with E-state index in [-0.39, 0.29) is 16.0 Å². The highest BCUT2D eigenvalue weighted by Crippen LogP contribution is 2.29. The molecular weight excluding hydrogens is 470 g/mol. The number of anilines is 2. The van der Waals surface area contributed by atoms with Crippen molar-refractivity contribution in [1.29, 1.82) is 0 Å². The lowest BCUT2D eigenvalue weighted by atomic mass is 10.2. The molecule has 36 heavy (non-hydrogen) atoms. The van der Waals surface area contributed by atoms with Crippen LogP contribution in [-0.2, 0) is 22.0 Å². The van der Waals surface area contributed by atoms with Crippen molar-refractivity contribution in [2.45, 2.75) is 24.0 Å². The van der Waals surface area contributed by atoms with E-state index < -0.39 is 15.3 Å². The number of rotatable bonds is 7. The zero-order valence-corrected chi connectivity index (χ0v) is 20.6. The van der Waals surface area contributed by atoms with Crippen molar-refractivity contribution in [3.63, 3.8) is 0 Å². The van der Waals surface area contributed by atoms with Crippen molar-refractivity contribution in [2.24, 2.45) is 0 Å². The lowest BCUT2D eigenvalue weighted by Gasteiger charge is -2.19. The van der Waals surface area contributed by atoms with E-state index in [1.165, 1.54) is 6.07 Å². The fourth-order valence-electron chi connectivity index (χ4n) is 4.22. The molecule has 0 radical (unpaired) electrons. The van der Waals surface area contributed by atoms with Crippen LogP contribution in [0.2, 0.25) is 0 Å². The third-order valence-electron chi connectivity index (χ3n) is 5.94. The predicted molar refractivity (Wildman–Crippen MR) is 144 cm³/mol. The number of para-hydroxylation sites is 2. The number of sulfone groups is 1. The zero-order valence-electron chi connectivity index (χ0n) is 19.8. The van der Waals surface area contributed by atoms with Gasteiger partial charge in [-0.1, -0.05) is 73.7 Å². The first-order valence-corrected chi connectivity index (χ1v) is 13.4. The summed E-state index contributed by atoms with van der Waals surface area (Å²) in [4.78, 5) is 18.3. The summed E-state index contributed by atoms with van der Waals surface area (Å²) < 4.78 is 29.1. The van der Waals surface area contributed by atoms with Crippen molar-refractivity contribution in [2.75, 3.05) is 5.32 Å². The third kappa shape index (κ3) is 4.65. The number of nitrogens with zero attached hydrogens (tertiary/aromatic N) is 2. The van der Waals surface area contributed by atoms with Crippen molar-refractivity contribution in [3.8, 4) is 5.69 Å². The Balaban J connectivity index is 1.81. The van der Waals surface area contributed by atoms with Crippen LogP contribution in [0, 0.1) is 0 Å². The topological polar surface area (TPSA) is 81.1 Å². The lowest BCUT2D eigenvalue weighted by Crippen LogP contribution is -2.18. The lowest BCUT2D eigenvalue weighted by molar-refractivity contribution is 0.596. The van der Waals surface area contributed by atoms with Gasteiger partial charge in [-0.05, 0) is 42.3 Å². The molecule has 0 amide bonds. The molecule has 0 aliphatic rings. The monoisotopic (exact) mass is 495 g/mol. The van der Waals surface area contributed by atoms with E-state index in [2.05, 4.69) is 5.32 Å². The van der Waals surface area contributed by atoms with Gasteiger partial charge in [0.2, 0.25) is 0 Å². The Morgan fingerprint density at radius 1 is 0.833 bits per heavy atom. The molecule has 0 fully saturated rings. The van der Waals surface area contributed by atoms with Crippen LogP contribution < -0.4 is 10.7 Å². The molecule has 0 spiro atoms. The van der Waals surface area contributed by atoms with Crippen molar-refractivity contribution >= 4 is 32.4 Å². The second-order valence-corrected chi connectivity index (χ2v) is 10.4. The van der Waals surface area contributed by atoms with E-state index in [4.69, 9.17) is 4.98 Å². The van der Waals surface area contributed by atoms with Gasteiger partial charge in [-0.3, -0.25) is 9.36 Å². The molecule has 2 aromatic heterocycles. The number of aryl methyl sites for hydroxylation is 1. The van der Waals surface area contributed by atoms with E-state index in [1.54, 1.807) is 30.3 Å². The van der Waals surface area contributed by atoms with Crippen LogP contribution in [0.3, 0.4) is 0 Å². The molecule has 5 aromatic rings. The molecule has 5 rings (SSSR count). The fourth-order valence-corrected chi connectivity index (χ4v) is 5.83. The summed E-state index contributed by atoms with van der Waals surface area (Å²) >= 11 is 0. The van der Waals surface area contributed by atoms with E-state index in [0.29, 0.717) is 29.1 Å². The van der Waals surface area contributed by atoms with Crippen molar-refractivity contribution < 1.29 is 8.42 Å². The Kier molecular flexibility index (Phi) is 6.40. The number of hydrogen-bond donors (Lipinski definition) is 1. The molecule has 0 aliphatic heterocycles. The summed E-state index contributed by atoms with van der Waals surface area (Å²) in [6.07, 6.45) is 0.517. The third-order valence-corrected chi connectivity index (χ3v) is 7.65. The molecule has 6 nitrogen and oxygen atoms in total. The molecule has 0 saturated heterocycles. The maximum Gasteiger partial charge on any atom is 0.194 e. The van der Waals surface area contributed by atoms with Gasteiger partial charge in [-0.2, -0.15) is 0 Å². The van der Waals surface area contributed by atoms with Gasteiger partial charge in [-0.25, -0.2) is 13.4 Å². The Morgan fingerprint density at radius 2 is 1.44 bits per heavy atom. The highest BCUT2D eigenvalue weighted by Gasteiger charge is 2.25. The molecule has 2 heterocycles. The average molecular weight is 496 g/mol. The highest BCUT2D eigenvalue weighted by atomic mass is 32.2. The van der Waals surface area contributed by atoms with E-state index in [0.717, 1.165) is 11.4 Å². The zero-order chi connectivity index (χ0) is 25.1. The molecule has 0 unspecified atom stereocenters. The number of pyridine rings is 2. The summed E-state index contributed by atoms with van der Waals surface area (Å²) in [7, 11) is -3.84. The standard InChI is InChI=1S/C29H25N3O3S/c1-2-22-18-26(36(34,35)20-21-12-6-3-7-13-21)28-25(33)19-27(30-23-14-8-4-9-15-23)32(29(28)31-22)24-16-10-5-11-17-24/h3-19,30H,2,20H2,1H3. The normalized spacial score (nSPS) is 11.5. The minimum Gasteiger partial charge on any atom is -0.341 e. The first-order chi connectivity index (χ1) is 17.5. The second-order valence-electron chi connectivity index (χ2n) is 8.46. The SMILES string of the molecule is CCc1cc(S(=O)(=O)Cc2ccccc2)c2c(=O)cc(Nc3ccccc3)n(-c3ccccc3)c2n1. The van der Waals surface area contributed by atoms with Crippen LogP contribution in [-0.4, -0.2) is 18.0 Å². The number of benzene rings is 3. The van der Waals surface area contributed by atoms with Crippen LogP contribution in [0.15, 0.2) is 113 Å². The van der Waals surface area contributed by atoms with Crippen LogP contribution in [0.4, 0.5) is 11.5 Å². The highest BCUT2D eigenvalue weighted by molar-refractivity contribution is 7.90. The Bertz CT molecular complexity index is 1680. The smallest absolute Gasteiger partial charge is 0.194 e. The molecule has 0 aliphatic carbocycles. The number of hydrogen-bond acceptors (Lipinski definition) is 5. The van der Waals surface area contributed by atoms with E-state index in [9.17, 15) is 13.2 Å². The minimum absolute atomic E-state index is 0.00847. The molecule has 0 atom stereocenters. The summed E-state index contributed by atoms with van der Waals surface area (Å²) in [5.41, 5.74) is 2.70. The van der Waals surface area contributed by atoms with Gasteiger partial charge >= 0.3 is 0 Å². The van der Waals surface area contributed by atoms with Gasteiger partial charge in [-0.15, -0.1) is 0 Å². The Morgan fingerprint density at radius 3 is 2.08 bits per heavy atom. The van der Waals surface area contributed by atoms with Gasteiger partial charge < -0.3 is 5.32 Å². The number of fused-ring (bicyclic) bond motifs is 1. The molecule has 3 aromatic carbocycles. The van der Waals surface area contributed by atoms with Crippen LogP contribution in [0.5, 0.6) is 0 Å². The maximum absolute atomic E-state index is 13.7. The number of nitrogens with one attached hydrogen (secondary N) is 1. The van der Waals surface area contributed by atoms with Crippen molar-refractivity contribution in [3.05, 3.63) is 125 Å². The predicted octanol–water partition coefficient (Wildman–Crippen LogP) is 5.67. The van der Waals surface area contributed by atoms with Crippen LogP contribution >= 0.6 is 0 Å². The molecular formula is C29H25N3O3S. The van der Waals surface area contributed by atoms with Crippen molar-refractivity contribution in [1.82, 2.24) is 9.55 Å². The Hall–Kier alpha value is -4.23. The quantitative estimate of drug-likeness (QED) is 0.315. The fraction of sp³-hybridized carbons (Fsp3) is 0.103. The van der Waals surface area contributed by atoms with Gasteiger partial charge in [0.05, 0.1) is 16.0 Å². The maximum atomic E-state index is 13.7. The molecule has 1 N–H and O–H groups in total. The summed E-state index contributed by atoms with van der Waals surface area (Å²) in [6, 6.07) is 31.0. The first-order valence-electron chi connectivity index (χ1n) is 11.7. The summed E-state index contributed by atoms with van der Waals surface area (Å²) in [5.74, 6) is 0.294. The molecule has 0 bridgehead atoms. The van der Waals surface area contributed by atoms with Gasteiger partial charge in [0, 0.05) is 23.1 Å². The van der Waals surface area contributed by atoms with E-state index in [1.807, 2.05) is 78.2 Å². The largest absolute Gasteiger partial charge is 0.341 e. The van der Waals surface area contributed by atoms with E-state index >= 15 is 0 Å². The number of aromatic nitrogens is 2. The second kappa shape index (κ2) is 9.79. The van der Waals surface area contributed by atoms with Gasteiger partial charge in [0.15, 0.2) is 20.9 Å². The average Bonchev–Trinajstić information content (AvgIpc) is 2.89. The summed E-state index contributed by atoms with van der Waals surface area (Å²) in [6.45, 7) is 1.92. The molecule has 180 valence electrons. The first kappa shape index (κ1) is 23.5. The van der Waals surface area contributed by atoms with Crippen LogP contribution in [0.25, 0.3) is 16.7 Å². The Labute approximate surface area is 209 Å². The molecule has 0 saturated carbocycles. The van der Waals surface area contributed by atoms with Gasteiger partial charge in [0.25, 0.3) is 0 Å².